The van der Waals surface area contributed by atoms with Crippen LogP contribution in [-0.2, 0) is 12.7 Å². The van der Waals surface area contributed by atoms with E-state index in [2.05, 4.69) is 16.5 Å². The van der Waals surface area contributed by atoms with Crippen molar-refractivity contribution in [2.75, 3.05) is 5.73 Å². The summed E-state index contributed by atoms with van der Waals surface area (Å²) in [6, 6.07) is 3.94. The summed E-state index contributed by atoms with van der Waals surface area (Å²) in [4.78, 5) is 19.3. The van der Waals surface area contributed by atoms with Crippen LogP contribution in [0.4, 0.5) is 23.7 Å². The van der Waals surface area contributed by atoms with E-state index in [-0.39, 0.29) is 34.8 Å². The molecule has 0 fully saturated rings. The molecule has 0 aliphatic rings. The average molecular weight is 377 g/mol. The highest BCUT2D eigenvalue weighted by Gasteiger charge is 2.37. The standard InChI is InChI=1S/C17H14F3N5O2/c1-2-7-25-14-12(13(21)15(25)27-16(22)26)10(17(18,19)20)8-11(24-14)9-3-5-23-6-4-9/h2-6,8H,1,7,21H2,(H2,22,26). The summed E-state index contributed by atoms with van der Waals surface area (Å²) in [7, 11) is 0. The molecule has 3 aromatic rings. The summed E-state index contributed by atoms with van der Waals surface area (Å²) < 4.78 is 47.2. The first-order valence-corrected chi connectivity index (χ1v) is 7.62. The van der Waals surface area contributed by atoms with Crippen molar-refractivity contribution in [1.82, 2.24) is 14.5 Å². The molecular formula is C17H14F3N5O2. The molecule has 3 rings (SSSR count). The zero-order valence-corrected chi connectivity index (χ0v) is 13.8. The number of hydrogen-bond donors (Lipinski definition) is 2. The van der Waals surface area contributed by atoms with Gasteiger partial charge in [0.05, 0.1) is 16.6 Å². The van der Waals surface area contributed by atoms with Crippen LogP contribution in [0.3, 0.4) is 0 Å². The predicted octanol–water partition coefficient (Wildman–Crippen LogP) is 3.34. The van der Waals surface area contributed by atoms with E-state index in [9.17, 15) is 18.0 Å². The number of aromatic nitrogens is 3. The second-order valence-electron chi connectivity index (χ2n) is 5.53. The number of carbonyl (C=O) groups excluding carboxylic acids is 1. The first-order chi connectivity index (χ1) is 12.7. The molecule has 0 aliphatic heterocycles. The smallest absolute Gasteiger partial charge is 0.394 e. The number of hydrogen-bond acceptors (Lipinski definition) is 5. The second-order valence-corrected chi connectivity index (χ2v) is 5.53. The van der Waals surface area contributed by atoms with Crippen LogP contribution in [0.15, 0.2) is 43.2 Å². The van der Waals surface area contributed by atoms with Gasteiger partial charge in [-0.15, -0.1) is 6.58 Å². The first kappa shape index (κ1) is 18.2. The van der Waals surface area contributed by atoms with Gasteiger partial charge in [-0.05, 0) is 18.2 Å². The van der Waals surface area contributed by atoms with Crippen LogP contribution in [0, 0.1) is 0 Å². The monoisotopic (exact) mass is 377 g/mol. The summed E-state index contributed by atoms with van der Waals surface area (Å²) in [6.45, 7) is 3.55. The van der Waals surface area contributed by atoms with Crippen molar-refractivity contribution < 1.29 is 22.7 Å². The molecule has 0 radical (unpaired) electrons. The number of anilines is 1. The zero-order chi connectivity index (χ0) is 19.8. The number of rotatable bonds is 4. The highest BCUT2D eigenvalue weighted by atomic mass is 19.4. The fourth-order valence-electron chi connectivity index (χ4n) is 2.74. The molecule has 0 aromatic carbocycles. The molecule has 3 aromatic heterocycles. The van der Waals surface area contributed by atoms with Gasteiger partial charge in [0.1, 0.15) is 11.3 Å². The summed E-state index contributed by atoms with van der Waals surface area (Å²) in [5.74, 6) is -0.317. The van der Waals surface area contributed by atoms with Gasteiger partial charge in [0, 0.05) is 24.5 Å². The molecule has 7 nitrogen and oxygen atoms in total. The van der Waals surface area contributed by atoms with Crippen LogP contribution in [0.2, 0.25) is 0 Å². The number of halogens is 3. The summed E-state index contributed by atoms with van der Waals surface area (Å²) >= 11 is 0. The van der Waals surface area contributed by atoms with E-state index in [1.54, 1.807) is 0 Å². The van der Waals surface area contributed by atoms with Crippen molar-refractivity contribution in [3.05, 3.63) is 48.8 Å². The molecule has 0 atom stereocenters. The number of pyridine rings is 2. The van der Waals surface area contributed by atoms with E-state index in [1.807, 2.05) is 0 Å². The highest BCUT2D eigenvalue weighted by molar-refractivity contribution is 5.98. The molecule has 4 N–H and O–H groups in total. The van der Waals surface area contributed by atoms with Crippen LogP contribution in [0.1, 0.15) is 5.56 Å². The molecule has 0 saturated heterocycles. The van der Waals surface area contributed by atoms with Gasteiger partial charge >= 0.3 is 12.3 Å². The highest BCUT2D eigenvalue weighted by Crippen LogP contribution is 2.43. The number of nitrogens with two attached hydrogens (primary N) is 2. The Labute approximate surface area is 151 Å². The molecule has 140 valence electrons. The number of allylic oxidation sites excluding steroid dienone is 1. The fourth-order valence-corrected chi connectivity index (χ4v) is 2.74. The lowest BCUT2D eigenvalue weighted by Gasteiger charge is -2.12. The molecule has 0 unspecified atom stereocenters. The number of nitrogen functional groups attached to an aromatic ring is 1. The molecule has 0 saturated carbocycles. The lowest BCUT2D eigenvalue weighted by molar-refractivity contribution is -0.136. The van der Waals surface area contributed by atoms with Gasteiger partial charge in [0.25, 0.3) is 0 Å². The quantitative estimate of drug-likeness (QED) is 0.678. The lowest BCUT2D eigenvalue weighted by atomic mass is 10.1. The number of carbonyl (C=O) groups is 1. The molecule has 0 bridgehead atoms. The van der Waals surface area contributed by atoms with Crippen molar-refractivity contribution in [3.63, 3.8) is 0 Å². The van der Waals surface area contributed by atoms with Crippen LogP contribution in [0.25, 0.3) is 22.3 Å². The molecule has 0 aliphatic carbocycles. The van der Waals surface area contributed by atoms with Gasteiger partial charge in [0.15, 0.2) is 0 Å². The number of amides is 1. The third-order valence-electron chi connectivity index (χ3n) is 3.79. The van der Waals surface area contributed by atoms with Gasteiger partial charge < -0.3 is 16.2 Å². The number of ether oxygens (including phenoxy) is 1. The normalized spacial score (nSPS) is 11.5. The minimum Gasteiger partial charge on any atom is -0.394 e. The number of alkyl halides is 3. The summed E-state index contributed by atoms with van der Waals surface area (Å²) in [5.41, 5.74) is 9.88. The maximum Gasteiger partial charge on any atom is 0.417 e. The van der Waals surface area contributed by atoms with E-state index in [1.165, 1.54) is 35.2 Å². The van der Waals surface area contributed by atoms with Gasteiger partial charge in [-0.25, -0.2) is 9.78 Å². The Hall–Kier alpha value is -3.56. The van der Waals surface area contributed by atoms with E-state index in [0.29, 0.717) is 5.56 Å². The number of nitrogens with zero attached hydrogens (tertiary/aromatic N) is 3. The minimum atomic E-state index is -4.72. The Morgan fingerprint density at radius 1 is 1.33 bits per heavy atom. The number of fused-ring (bicyclic) bond motifs is 1. The predicted molar refractivity (Wildman–Crippen MR) is 92.8 cm³/mol. The van der Waals surface area contributed by atoms with Crippen LogP contribution < -0.4 is 16.2 Å². The van der Waals surface area contributed by atoms with E-state index in [4.69, 9.17) is 16.2 Å². The Bertz CT molecular complexity index is 1030. The average Bonchev–Trinajstić information content (AvgIpc) is 2.86. The molecular weight excluding hydrogens is 363 g/mol. The SMILES string of the molecule is C=CCn1c(OC(N)=O)c(N)c2c(C(F)(F)F)cc(-c3ccncc3)nc21. The maximum absolute atomic E-state index is 13.7. The Morgan fingerprint density at radius 2 is 2.00 bits per heavy atom. The van der Waals surface area contributed by atoms with Crippen molar-refractivity contribution in [3.8, 4) is 17.1 Å². The maximum atomic E-state index is 13.7. The number of primary amides is 1. The van der Waals surface area contributed by atoms with Crippen LogP contribution in [-0.4, -0.2) is 20.6 Å². The fraction of sp³-hybridized carbons (Fsp3) is 0.118. The van der Waals surface area contributed by atoms with E-state index in [0.717, 1.165) is 6.07 Å². The van der Waals surface area contributed by atoms with Gasteiger partial charge in [-0.2, -0.15) is 13.2 Å². The Balaban J connectivity index is 2.43. The van der Waals surface area contributed by atoms with Gasteiger partial charge in [-0.3, -0.25) is 9.55 Å². The van der Waals surface area contributed by atoms with Crippen LogP contribution >= 0.6 is 0 Å². The Morgan fingerprint density at radius 3 is 2.56 bits per heavy atom. The van der Waals surface area contributed by atoms with Crippen molar-refractivity contribution in [1.29, 1.82) is 0 Å². The van der Waals surface area contributed by atoms with Gasteiger partial charge in [-0.1, -0.05) is 6.08 Å². The third kappa shape index (κ3) is 3.28. The van der Waals surface area contributed by atoms with Crippen molar-refractivity contribution in [2.45, 2.75) is 12.7 Å². The zero-order valence-electron chi connectivity index (χ0n) is 13.8. The molecule has 27 heavy (non-hydrogen) atoms. The molecule has 1 amide bonds. The van der Waals surface area contributed by atoms with Crippen molar-refractivity contribution in [2.24, 2.45) is 5.73 Å². The third-order valence-corrected chi connectivity index (χ3v) is 3.79. The van der Waals surface area contributed by atoms with Crippen molar-refractivity contribution >= 4 is 22.8 Å². The first-order valence-electron chi connectivity index (χ1n) is 7.62. The molecule has 10 heteroatoms. The minimum absolute atomic E-state index is 0.000406. The Kier molecular flexibility index (Phi) is 4.48. The largest absolute Gasteiger partial charge is 0.417 e. The molecule has 0 spiro atoms. The van der Waals surface area contributed by atoms with Crippen LogP contribution in [0.5, 0.6) is 5.88 Å². The second kappa shape index (κ2) is 6.63. The topological polar surface area (TPSA) is 109 Å². The van der Waals surface area contributed by atoms with E-state index >= 15 is 0 Å². The molecule has 3 heterocycles. The van der Waals surface area contributed by atoms with Gasteiger partial charge in [0.2, 0.25) is 5.88 Å². The lowest BCUT2D eigenvalue weighted by Crippen LogP contribution is -2.19. The van der Waals surface area contributed by atoms with E-state index < -0.39 is 17.8 Å². The summed E-state index contributed by atoms with van der Waals surface area (Å²) in [5, 5.41) is -0.376. The summed E-state index contributed by atoms with van der Waals surface area (Å²) in [6.07, 6.45) is -1.65.